The van der Waals surface area contributed by atoms with Crippen molar-refractivity contribution >= 4 is 5.96 Å². The molecule has 0 spiro atoms. The van der Waals surface area contributed by atoms with Gasteiger partial charge < -0.3 is 19.8 Å². The smallest absolute Gasteiger partial charge is 0.213 e. The van der Waals surface area contributed by atoms with E-state index >= 15 is 0 Å². The van der Waals surface area contributed by atoms with Gasteiger partial charge in [-0.1, -0.05) is 13.0 Å². The number of aliphatic imine (C=N–C) groups is 1. The minimum atomic E-state index is -0.248. The van der Waals surface area contributed by atoms with Crippen LogP contribution in [0, 0.1) is 0 Å². The molecule has 2 rings (SSSR count). The van der Waals surface area contributed by atoms with E-state index in [9.17, 15) is 0 Å². The first kappa shape index (κ1) is 19.8. The number of hydrogen-bond acceptors (Lipinski definition) is 4. The average Bonchev–Trinajstić information content (AvgIpc) is 3.10. The van der Waals surface area contributed by atoms with Crippen molar-refractivity contribution in [3.05, 3.63) is 48.0 Å². The van der Waals surface area contributed by atoms with Crippen molar-refractivity contribution in [1.29, 1.82) is 0 Å². The largest absolute Gasteiger partial charge is 0.472 e. The molecular formula is C20H30N4O2. The van der Waals surface area contributed by atoms with Gasteiger partial charge in [-0.2, -0.15) is 0 Å². The maximum atomic E-state index is 5.74. The molecule has 0 saturated heterocycles. The van der Waals surface area contributed by atoms with Gasteiger partial charge in [0.25, 0.3) is 0 Å². The summed E-state index contributed by atoms with van der Waals surface area (Å²) in [6, 6.07) is 7.77. The normalized spacial score (nSPS) is 12.1. The molecule has 6 nitrogen and oxygen atoms in total. The molecule has 0 radical (unpaired) electrons. The molecule has 2 heterocycles. The summed E-state index contributed by atoms with van der Waals surface area (Å²) in [4.78, 5) is 8.99. The minimum absolute atomic E-state index is 0.248. The maximum absolute atomic E-state index is 5.74. The number of rotatable bonds is 8. The zero-order valence-corrected chi connectivity index (χ0v) is 16.2. The number of guanidine groups is 1. The van der Waals surface area contributed by atoms with Crippen LogP contribution in [0.3, 0.4) is 0 Å². The number of furan rings is 1. The fourth-order valence-electron chi connectivity index (χ4n) is 2.23. The summed E-state index contributed by atoms with van der Waals surface area (Å²) in [6.07, 6.45) is 5.37. The van der Waals surface area contributed by atoms with E-state index in [-0.39, 0.29) is 5.60 Å². The second-order valence-corrected chi connectivity index (χ2v) is 7.07. The Morgan fingerprint density at radius 2 is 2.00 bits per heavy atom. The number of nitrogens with one attached hydrogen (secondary N) is 2. The van der Waals surface area contributed by atoms with E-state index in [2.05, 4.69) is 27.5 Å². The van der Waals surface area contributed by atoms with E-state index in [0.29, 0.717) is 12.4 Å². The lowest BCUT2D eigenvalue weighted by Crippen LogP contribution is -2.38. The third-order valence-corrected chi connectivity index (χ3v) is 3.41. The molecule has 26 heavy (non-hydrogen) atoms. The summed E-state index contributed by atoms with van der Waals surface area (Å²) in [6.45, 7) is 10.4. The molecule has 0 atom stereocenters. The lowest BCUT2D eigenvalue weighted by atomic mass is 10.2. The molecule has 142 valence electrons. The van der Waals surface area contributed by atoms with Crippen molar-refractivity contribution in [2.45, 2.75) is 52.7 Å². The van der Waals surface area contributed by atoms with Crippen LogP contribution in [0.25, 0.3) is 0 Å². The van der Waals surface area contributed by atoms with Crippen molar-refractivity contribution in [1.82, 2.24) is 15.6 Å². The Kier molecular flexibility index (Phi) is 7.51. The predicted octanol–water partition coefficient (Wildman–Crippen LogP) is 3.54. The monoisotopic (exact) mass is 358 g/mol. The van der Waals surface area contributed by atoms with Gasteiger partial charge in [-0.15, -0.1) is 0 Å². The Balaban J connectivity index is 1.88. The van der Waals surface area contributed by atoms with Crippen LogP contribution in [0.1, 0.15) is 45.4 Å². The molecule has 0 saturated carbocycles. The Labute approximate surface area is 156 Å². The summed E-state index contributed by atoms with van der Waals surface area (Å²) in [5, 5.41) is 6.66. The van der Waals surface area contributed by atoms with Gasteiger partial charge in [-0.05, 0) is 44.9 Å². The molecule has 0 fully saturated rings. The molecule has 0 amide bonds. The van der Waals surface area contributed by atoms with Gasteiger partial charge in [0.15, 0.2) is 5.96 Å². The second-order valence-electron chi connectivity index (χ2n) is 7.07. The van der Waals surface area contributed by atoms with Gasteiger partial charge in [0.1, 0.15) is 11.4 Å². The van der Waals surface area contributed by atoms with Crippen LogP contribution in [-0.4, -0.2) is 29.6 Å². The molecule has 0 aromatic carbocycles. The molecule has 0 unspecified atom stereocenters. The van der Waals surface area contributed by atoms with E-state index in [1.165, 1.54) is 0 Å². The summed E-state index contributed by atoms with van der Waals surface area (Å²) in [5.74, 6) is 2.39. The standard InChI is InChI=1S/C20H30N4O2/c1-5-11-21-19(22-12-10-17-7-6-13-25-17)24-15-16-8-9-18(23-14-16)26-20(2,3)4/h6-9,13-14H,5,10-12,15H2,1-4H3,(H2,21,22,24). The SMILES string of the molecule is CCCNC(=NCc1ccc(OC(C)(C)C)nc1)NCCc1ccco1. The summed E-state index contributed by atoms with van der Waals surface area (Å²) in [7, 11) is 0. The molecule has 0 aliphatic carbocycles. The minimum Gasteiger partial charge on any atom is -0.472 e. The molecular weight excluding hydrogens is 328 g/mol. The topological polar surface area (TPSA) is 71.7 Å². The summed E-state index contributed by atoms with van der Waals surface area (Å²) in [5.41, 5.74) is 0.789. The van der Waals surface area contributed by atoms with E-state index in [0.717, 1.165) is 43.2 Å². The highest BCUT2D eigenvalue weighted by Crippen LogP contribution is 2.15. The van der Waals surface area contributed by atoms with Gasteiger partial charge in [0, 0.05) is 31.8 Å². The first-order valence-corrected chi connectivity index (χ1v) is 9.15. The van der Waals surface area contributed by atoms with Gasteiger partial charge in [-0.3, -0.25) is 0 Å². The molecule has 2 N–H and O–H groups in total. The Hall–Kier alpha value is -2.50. The van der Waals surface area contributed by atoms with E-state index in [4.69, 9.17) is 9.15 Å². The maximum Gasteiger partial charge on any atom is 0.213 e. The number of nitrogens with zero attached hydrogens (tertiary/aromatic N) is 2. The Bertz CT molecular complexity index is 658. The van der Waals surface area contributed by atoms with Gasteiger partial charge in [0.05, 0.1) is 12.8 Å². The van der Waals surface area contributed by atoms with Crippen molar-refractivity contribution in [3.63, 3.8) is 0 Å². The Morgan fingerprint density at radius 3 is 2.62 bits per heavy atom. The summed E-state index contributed by atoms with van der Waals surface area (Å²) < 4.78 is 11.1. The molecule has 2 aromatic rings. The van der Waals surface area contributed by atoms with E-state index in [1.54, 1.807) is 6.26 Å². The number of ether oxygens (including phenoxy) is 1. The molecule has 0 aliphatic heterocycles. The van der Waals surface area contributed by atoms with Crippen molar-refractivity contribution in [3.8, 4) is 5.88 Å². The predicted molar refractivity (Wildman–Crippen MR) is 104 cm³/mol. The third kappa shape index (κ3) is 7.59. The fraction of sp³-hybridized carbons (Fsp3) is 0.500. The van der Waals surface area contributed by atoms with Crippen LogP contribution in [0.5, 0.6) is 5.88 Å². The van der Waals surface area contributed by atoms with Crippen molar-refractivity contribution in [2.24, 2.45) is 4.99 Å². The molecule has 6 heteroatoms. The van der Waals surface area contributed by atoms with E-state index < -0.39 is 0 Å². The van der Waals surface area contributed by atoms with Crippen molar-refractivity contribution < 1.29 is 9.15 Å². The second kappa shape index (κ2) is 9.85. The lowest BCUT2D eigenvalue weighted by Gasteiger charge is -2.20. The highest BCUT2D eigenvalue weighted by Gasteiger charge is 2.12. The average molecular weight is 358 g/mol. The van der Waals surface area contributed by atoms with Crippen LogP contribution < -0.4 is 15.4 Å². The first-order chi connectivity index (χ1) is 12.5. The Morgan fingerprint density at radius 1 is 1.19 bits per heavy atom. The zero-order chi connectivity index (χ0) is 18.8. The zero-order valence-electron chi connectivity index (χ0n) is 16.2. The van der Waals surface area contributed by atoms with Crippen LogP contribution in [0.2, 0.25) is 0 Å². The van der Waals surface area contributed by atoms with Crippen LogP contribution >= 0.6 is 0 Å². The molecule has 0 aliphatic rings. The highest BCUT2D eigenvalue weighted by molar-refractivity contribution is 5.79. The van der Waals surface area contributed by atoms with Crippen LogP contribution in [-0.2, 0) is 13.0 Å². The van der Waals surface area contributed by atoms with Crippen LogP contribution in [0.4, 0.5) is 0 Å². The first-order valence-electron chi connectivity index (χ1n) is 9.15. The lowest BCUT2D eigenvalue weighted by molar-refractivity contribution is 0.124. The van der Waals surface area contributed by atoms with Crippen molar-refractivity contribution in [2.75, 3.05) is 13.1 Å². The van der Waals surface area contributed by atoms with Gasteiger partial charge in [-0.25, -0.2) is 9.98 Å². The fourth-order valence-corrected chi connectivity index (χ4v) is 2.23. The number of pyridine rings is 1. The molecule has 2 aromatic heterocycles. The number of hydrogen-bond donors (Lipinski definition) is 2. The highest BCUT2D eigenvalue weighted by atomic mass is 16.5. The van der Waals surface area contributed by atoms with Gasteiger partial charge >= 0.3 is 0 Å². The van der Waals surface area contributed by atoms with Crippen LogP contribution in [0.15, 0.2) is 46.1 Å². The molecule has 0 bridgehead atoms. The quantitative estimate of drug-likeness (QED) is 0.558. The number of aromatic nitrogens is 1. The third-order valence-electron chi connectivity index (χ3n) is 3.41. The summed E-state index contributed by atoms with van der Waals surface area (Å²) >= 11 is 0. The van der Waals surface area contributed by atoms with Gasteiger partial charge in [0.2, 0.25) is 5.88 Å². The van der Waals surface area contributed by atoms with E-state index in [1.807, 2.05) is 51.2 Å².